The van der Waals surface area contributed by atoms with Crippen molar-refractivity contribution in [3.05, 3.63) is 34.3 Å². The van der Waals surface area contributed by atoms with Crippen LogP contribution in [-0.2, 0) is 0 Å². The second kappa shape index (κ2) is 4.45. The van der Waals surface area contributed by atoms with Gasteiger partial charge in [0.25, 0.3) is 0 Å². The minimum absolute atomic E-state index is 0.690. The molecule has 2 rings (SSSR count). The third kappa shape index (κ3) is 1.86. The highest BCUT2D eigenvalue weighted by Gasteiger charge is 2.27. The van der Waals surface area contributed by atoms with Crippen molar-refractivity contribution in [3.8, 4) is 0 Å². The molecule has 1 aromatic carbocycles. The second-order valence-corrected chi connectivity index (χ2v) is 4.81. The molecule has 0 bridgehead atoms. The van der Waals surface area contributed by atoms with E-state index in [0.717, 1.165) is 12.5 Å². The van der Waals surface area contributed by atoms with Crippen molar-refractivity contribution in [2.45, 2.75) is 19.3 Å². The van der Waals surface area contributed by atoms with Gasteiger partial charge in [-0.3, -0.25) is 0 Å². The summed E-state index contributed by atoms with van der Waals surface area (Å²) in [6.45, 7) is 4.57. The van der Waals surface area contributed by atoms with E-state index in [0.29, 0.717) is 5.92 Å². The lowest BCUT2D eigenvalue weighted by Crippen LogP contribution is -2.09. The number of nitrogens with one attached hydrogen (secondary N) is 1. The fourth-order valence-corrected chi connectivity index (χ4v) is 2.88. The van der Waals surface area contributed by atoms with Crippen molar-refractivity contribution < 1.29 is 0 Å². The monoisotopic (exact) mass is 253 g/mol. The van der Waals surface area contributed by atoms with Crippen LogP contribution in [0, 0.1) is 5.92 Å². The largest absolute Gasteiger partial charge is 0.316 e. The highest BCUT2D eigenvalue weighted by atomic mass is 79.9. The molecule has 14 heavy (non-hydrogen) atoms. The quantitative estimate of drug-likeness (QED) is 0.854. The maximum absolute atomic E-state index is 3.64. The number of benzene rings is 1. The van der Waals surface area contributed by atoms with Crippen LogP contribution >= 0.6 is 15.9 Å². The molecule has 0 spiro atoms. The summed E-state index contributed by atoms with van der Waals surface area (Å²) < 4.78 is 1.26. The summed E-state index contributed by atoms with van der Waals surface area (Å²) in [5.74, 6) is 1.49. The zero-order valence-electron chi connectivity index (χ0n) is 8.46. The van der Waals surface area contributed by atoms with Crippen molar-refractivity contribution in [1.82, 2.24) is 5.32 Å². The van der Waals surface area contributed by atoms with E-state index in [1.165, 1.54) is 23.0 Å². The molecule has 1 N–H and O–H groups in total. The van der Waals surface area contributed by atoms with Crippen molar-refractivity contribution in [1.29, 1.82) is 0 Å². The summed E-state index contributed by atoms with van der Waals surface area (Å²) in [4.78, 5) is 0. The van der Waals surface area contributed by atoms with E-state index in [1.807, 2.05) is 0 Å². The number of rotatable bonds is 2. The van der Waals surface area contributed by atoms with Crippen molar-refractivity contribution in [3.63, 3.8) is 0 Å². The van der Waals surface area contributed by atoms with Gasteiger partial charge >= 0.3 is 0 Å². The predicted octanol–water partition coefficient (Wildman–Crippen LogP) is 3.16. The van der Waals surface area contributed by atoms with Crippen LogP contribution in [-0.4, -0.2) is 13.1 Å². The molecule has 0 unspecified atom stereocenters. The summed E-state index contributed by atoms with van der Waals surface area (Å²) in [6.07, 6.45) is 1.26. The molecule has 2 atom stereocenters. The van der Waals surface area contributed by atoms with E-state index in [1.54, 1.807) is 0 Å². The first-order valence-corrected chi connectivity index (χ1v) is 6.07. The Balaban J connectivity index is 2.26. The molecule has 1 aliphatic rings. The van der Waals surface area contributed by atoms with E-state index in [9.17, 15) is 0 Å². The Hall–Kier alpha value is -0.340. The Morgan fingerprint density at radius 1 is 1.36 bits per heavy atom. The molecule has 0 radical (unpaired) electrons. The molecular formula is C12H16BrN. The average Bonchev–Trinajstić information content (AvgIpc) is 2.66. The third-order valence-electron chi connectivity index (χ3n) is 3.17. The Morgan fingerprint density at radius 2 is 2.14 bits per heavy atom. The molecule has 1 saturated heterocycles. The van der Waals surface area contributed by atoms with Crippen molar-refractivity contribution in [2.24, 2.45) is 5.92 Å². The Labute approximate surface area is 94.0 Å². The van der Waals surface area contributed by atoms with Gasteiger partial charge in [-0.15, -0.1) is 0 Å². The first kappa shape index (κ1) is 10.2. The molecule has 0 amide bonds. The van der Waals surface area contributed by atoms with Crippen LogP contribution in [0.15, 0.2) is 28.7 Å². The standard InChI is InChI=1S/C12H16BrN/c1-2-9-7-14-8-11(9)10-5-3-4-6-12(10)13/h3-6,9,11,14H,2,7-8H2,1H3/t9-,11-/m1/s1. The van der Waals surface area contributed by atoms with Gasteiger partial charge in [0.2, 0.25) is 0 Å². The van der Waals surface area contributed by atoms with Gasteiger partial charge in [-0.1, -0.05) is 47.5 Å². The summed E-state index contributed by atoms with van der Waals surface area (Å²) >= 11 is 3.64. The first-order valence-electron chi connectivity index (χ1n) is 5.28. The first-order chi connectivity index (χ1) is 6.83. The molecule has 1 aromatic rings. The molecule has 2 heteroatoms. The summed E-state index contributed by atoms with van der Waals surface area (Å²) in [5, 5.41) is 3.48. The number of hydrogen-bond donors (Lipinski definition) is 1. The van der Waals surface area contributed by atoms with E-state index >= 15 is 0 Å². The second-order valence-electron chi connectivity index (χ2n) is 3.95. The van der Waals surface area contributed by atoms with Gasteiger partial charge in [-0.2, -0.15) is 0 Å². The molecule has 0 saturated carbocycles. The molecule has 0 aliphatic carbocycles. The Bertz CT molecular complexity index is 311. The zero-order valence-corrected chi connectivity index (χ0v) is 10.0. The minimum Gasteiger partial charge on any atom is -0.316 e. The van der Waals surface area contributed by atoms with Crippen molar-refractivity contribution >= 4 is 15.9 Å². The topological polar surface area (TPSA) is 12.0 Å². The molecule has 1 heterocycles. The van der Waals surface area contributed by atoms with Gasteiger partial charge in [0, 0.05) is 16.9 Å². The number of hydrogen-bond acceptors (Lipinski definition) is 1. The highest BCUT2D eigenvalue weighted by Crippen LogP contribution is 2.34. The fourth-order valence-electron chi connectivity index (χ4n) is 2.30. The normalized spacial score (nSPS) is 26.7. The third-order valence-corrected chi connectivity index (χ3v) is 3.89. The van der Waals surface area contributed by atoms with E-state index in [-0.39, 0.29) is 0 Å². The van der Waals surface area contributed by atoms with Crippen LogP contribution in [0.4, 0.5) is 0 Å². The summed E-state index contributed by atoms with van der Waals surface area (Å²) in [7, 11) is 0. The zero-order chi connectivity index (χ0) is 9.97. The number of halogens is 1. The Kier molecular flexibility index (Phi) is 3.24. The van der Waals surface area contributed by atoms with Crippen LogP contribution in [0.2, 0.25) is 0 Å². The molecule has 0 aromatic heterocycles. The van der Waals surface area contributed by atoms with Crippen LogP contribution in [0.25, 0.3) is 0 Å². The highest BCUT2D eigenvalue weighted by molar-refractivity contribution is 9.10. The summed E-state index contributed by atoms with van der Waals surface area (Å²) in [5.41, 5.74) is 1.46. The van der Waals surface area contributed by atoms with Gasteiger partial charge in [-0.05, 0) is 24.1 Å². The van der Waals surface area contributed by atoms with Crippen molar-refractivity contribution in [2.75, 3.05) is 13.1 Å². The lowest BCUT2D eigenvalue weighted by atomic mass is 9.87. The molecule has 1 aliphatic heterocycles. The SMILES string of the molecule is CC[C@@H]1CNC[C@H]1c1ccccc1Br. The van der Waals surface area contributed by atoms with E-state index in [2.05, 4.69) is 52.4 Å². The minimum atomic E-state index is 0.690. The molecule has 1 nitrogen and oxygen atoms in total. The smallest absolute Gasteiger partial charge is 0.0210 e. The fraction of sp³-hybridized carbons (Fsp3) is 0.500. The average molecular weight is 254 g/mol. The lowest BCUT2D eigenvalue weighted by molar-refractivity contribution is 0.501. The van der Waals surface area contributed by atoms with Crippen LogP contribution < -0.4 is 5.32 Å². The maximum atomic E-state index is 3.64. The predicted molar refractivity (Wildman–Crippen MR) is 63.5 cm³/mol. The molecule has 76 valence electrons. The van der Waals surface area contributed by atoms with E-state index < -0.39 is 0 Å². The van der Waals surface area contributed by atoms with Gasteiger partial charge < -0.3 is 5.32 Å². The van der Waals surface area contributed by atoms with Crippen LogP contribution in [0.1, 0.15) is 24.8 Å². The molecular weight excluding hydrogens is 238 g/mol. The van der Waals surface area contributed by atoms with E-state index in [4.69, 9.17) is 0 Å². The van der Waals surface area contributed by atoms with Gasteiger partial charge in [-0.25, -0.2) is 0 Å². The van der Waals surface area contributed by atoms with Gasteiger partial charge in [0.1, 0.15) is 0 Å². The molecule has 1 fully saturated rings. The van der Waals surface area contributed by atoms with Gasteiger partial charge in [0.15, 0.2) is 0 Å². The van der Waals surface area contributed by atoms with Crippen LogP contribution in [0.5, 0.6) is 0 Å². The maximum Gasteiger partial charge on any atom is 0.0210 e. The van der Waals surface area contributed by atoms with Gasteiger partial charge in [0.05, 0.1) is 0 Å². The Morgan fingerprint density at radius 3 is 2.86 bits per heavy atom. The lowest BCUT2D eigenvalue weighted by Gasteiger charge is -2.18. The van der Waals surface area contributed by atoms with Crippen LogP contribution in [0.3, 0.4) is 0 Å². The summed E-state index contributed by atoms with van der Waals surface area (Å²) in [6, 6.07) is 8.59.